The Kier molecular flexibility index (Phi) is 5.06. The number of pyridine rings is 1. The second-order valence-corrected chi connectivity index (χ2v) is 5.81. The Labute approximate surface area is 142 Å². The maximum atomic E-state index is 12.1. The van der Waals surface area contributed by atoms with Crippen molar-refractivity contribution in [3.8, 4) is 11.3 Å². The predicted molar refractivity (Wildman–Crippen MR) is 95.3 cm³/mol. The Hall–Kier alpha value is -2.88. The molecule has 0 fully saturated rings. The highest BCUT2D eigenvalue weighted by molar-refractivity contribution is 5.76. The number of carbonyl (C=O) groups excluding carboxylic acids is 1. The van der Waals surface area contributed by atoms with Gasteiger partial charge in [-0.3, -0.25) is 9.78 Å². The van der Waals surface area contributed by atoms with Crippen LogP contribution in [0.4, 0.5) is 0 Å². The number of amides is 1. The average Bonchev–Trinajstić information content (AvgIpc) is 3.10. The van der Waals surface area contributed by atoms with Crippen molar-refractivity contribution in [3.63, 3.8) is 0 Å². The monoisotopic (exact) mass is 319 g/mol. The number of hydrogen-bond acceptors (Lipinski definition) is 2. The van der Waals surface area contributed by atoms with Gasteiger partial charge in [0.1, 0.15) is 0 Å². The zero-order chi connectivity index (χ0) is 16.8. The summed E-state index contributed by atoms with van der Waals surface area (Å²) in [5.41, 5.74) is 4.16. The normalized spacial score (nSPS) is 11.9. The highest BCUT2D eigenvalue weighted by Crippen LogP contribution is 2.18. The van der Waals surface area contributed by atoms with Crippen LogP contribution in [0.5, 0.6) is 0 Å². The van der Waals surface area contributed by atoms with Gasteiger partial charge in [-0.15, -0.1) is 0 Å². The highest BCUT2D eigenvalue weighted by Gasteiger charge is 2.11. The Morgan fingerprint density at radius 1 is 1.08 bits per heavy atom. The fourth-order valence-corrected chi connectivity index (χ4v) is 2.64. The molecule has 24 heavy (non-hydrogen) atoms. The maximum absolute atomic E-state index is 12.1. The number of nitrogens with one attached hydrogen (secondary N) is 2. The largest absolute Gasteiger partial charge is 0.358 e. The molecule has 1 unspecified atom stereocenters. The lowest BCUT2D eigenvalue weighted by molar-refractivity contribution is -0.121. The van der Waals surface area contributed by atoms with E-state index in [9.17, 15) is 4.79 Å². The van der Waals surface area contributed by atoms with Gasteiger partial charge >= 0.3 is 0 Å². The number of benzene rings is 1. The van der Waals surface area contributed by atoms with Gasteiger partial charge in [-0.25, -0.2) is 0 Å². The summed E-state index contributed by atoms with van der Waals surface area (Å²) in [6.45, 7) is 1.95. The molecule has 1 atom stereocenters. The number of rotatable bonds is 6. The third-order valence-electron chi connectivity index (χ3n) is 3.96. The minimum Gasteiger partial charge on any atom is -0.358 e. The fourth-order valence-electron chi connectivity index (χ4n) is 2.64. The molecular weight excluding hydrogens is 298 g/mol. The first-order chi connectivity index (χ1) is 11.7. The molecule has 0 aliphatic carbocycles. The molecule has 0 spiro atoms. The van der Waals surface area contributed by atoms with E-state index in [1.165, 1.54) is 0 Å². The van der Waals surface area contributed by atoms with Gasteiger partial charge in [0.15, 0.2) is 0 Å². The lowest BCUT2D eigenvalue weighted by atomic mass is 10.2. The predicted octanol–water partition coefficient (Wildman–Crippen LogP) is 3.89. The third kappa shape index (κ3) is 4.10. The summed E-state index contributed by atoms with van der Waals surface area (Å²) in [6.07, 6.45) is 2.88. The first kappa shape index (κ1) is 16.0. The molecule has 2 N–H and O–H groups in total. The minimum atomic E-state index is -0.0813. The molecule has 1 amide bonds. The average molecular weight is 319 g/mol. The van der Waals surface area contributed by atoms with Gasteiger partial charge in [-0.1, -0.05) is 36.4 Å². The summed E-state index contributed by atoms with van der Waals surface area (Å²) in [4.78, 5) is 19.8. The van der Waals surface area contributed by atoms with Crippen LogP contribution in [0.1, 0.15) is 30.8 Å². The van der Waals surface area contributed by atoms with Gasteiger partial charge in [0.05, 0.1) is 11.7 Å². The van der Waals surface area contributed by atoms with Crippen LogP contribution in [-0.2, 0) is 11.2 Å². The molecule has 3 rings (SSSR count). The van der Waals surface area contributed by atoms with Gasteiger partial charge in [-0.05, 0) is 43.2 Å². The summed E-state index contributed by atoms with van der Waals surface area (Å²) in [7, 11) is 0. The number of aromatic amines is 1. The molecule has 2 aromatic heterocycles. The van der Waals surface area contributed by atoms with Crippen LogP contribution < -0.4 is 5.32 Å². The number of hydrogen-bond donors (Lipinski definition) is 2. The van der Waals surface area contributed by atoms with Crippen molar-refractivity contribution in [2.24, 2.45) is 0 Å². The molecule has 0 aliphatic heterocycles. The standard InChI is InChI=1S/C20H21N3O/c1-15(18-9-5-6-14-21-18)22-20(24)13-11-17-10-12-19(23-17)16-7-3-2-4-8-16/h2-10,12,14-15,23H,11,13H2,1H3,(H,22,24). The summed E-state index contributed by atoms with van der Waals surface area (Å²) in [5, 5.41) is 2.99. The zero-order valence-corrected chi connectivity index (χ0v) is 13.7. The Bertz CT molecular complexity index is 781. The second kappa shape index (κ2) is 7.59. The minimum absolute atomic E-state index is 0.0315. The molecule has 122 valence electrons. The van der Waals surface area contributed by atoms with Gasteiger partial charge < -0.3 is 10.3 Å². The van der Waals surface area contributed by atoms with Crippen molar-refractivity contribution < 1.29 is 4.79 Å². The smallest absolute Gasteiger partial charge is 0.220 e. The molecule has 1 aromatic carbocycles. The number of carbonyl (C=O) groups is 1. The lowest BCUT2D eigenvalue weighted by Crippen LogP contribution is -2.27. The van der Waals surface area contributed by atoms with Crippen molar-refractivity contribution in [2.75, 3.05) is 0 Å². The Morgan fingerprint density at radius 3 is 2.62 bits per heavy atom. The number of nitrogens with zero attached hydrogens (tertiary/aromatic N) is 1. The molecule has 4 heteroatoms. The fraction of sp³-hybridized carbons (Fsp3) is 0.200. The SMILES string of the molecule is CC(NC(=O)CCc1ccc(-c2ccccc2)[nH]1)c1ccccn1. The van der Waals surface area contributed by atoms with Crippen molar-refractivity contribution in [2.45, 2.75) is 25.8 Å². The van der Waals surface area contributed by atoms with E-state index < -0.39 is 0 Å². The molecule has 0 radical (unpaired) electrons. The molecular formula is C20H21N3O. The van der Waals surface area contributed by atoms with Crippen LogP contribution in [0.3, 0.4) is 0 Å². The van der Waals surface area contributed by atoms with Crippen molar-refractivity contribution in [1.82, 2.24) is 15.3 Å². The van der Waals surface area contributed by atoms with Gasteiger partial charge in [0.2, 0.25) is 5.91 Å². The zero-order valence-electron chi connectivity index (χ0n) is 13.7. The molecule has 0 saturated carbocycles. The van der Waals surface area contributed by atoms with E-state index in [2.05, 4.69) is 33.5 Å². The summed E-state index contributed by atoms with van der Waals surface area (Å²) < 4.78 is 0. The van der Waals surface area contributed by atoms with E-state index >= 15 is 0 Å². The molecule has 0 aliphatic rings. The molecule has 4 nitrogen and oxygen atoms in total. The van der Waals surface area contributed by atoms with Gasteiger partial charge in [0, 0.05) is 24.0 Å². The van der Waals surface area contributed by atoms with Crippen LogP contribution >= 0.6 is 0 Å². The van der Waals surface area contributed by atoms with Crippen LogP contribution in [0.15, 0.2) is 66.9 Å². The van der Waals surface area contributed by atoms with Gasteiger partial charge in [0.25, 0.3) is 0 Å². The van der Waals surface area contributed by atoms with Gasteiger partial charge in [-0.2, -0.15) is 0 Å². The first-order valence-corrected chi connectivity index (χ1v) is 8.16. The molecule has 2 heterocycles. The first-order valence-electron chi connectivity index (χ1n) is 8.16. The molecule has 3 aromatic rings. The molecule has 0 saturated heterocycles. The van der Waals surface area contributed by atoms with E-state index in [4.69, 9.17) is 0 Å². The summed E-state index contributed by atoms with van der Waals surface area (Å²) in [5.74, 6) is 0.0315. The highest BCUT2D eigenvalue weighted by atomic mass is 16.1. The van der Waals surface area contributed by atoms with Crippen LogP contribution in [0.25, 0.3) is 11.3 Å². The van der Waals surface area contributed by atoms with E-state index in [1.807, 2.05) is 49.4 Å². The third-order valence-corrected chi connectivity index (χ3v) is 3.96. The van der Waals surface area contributed by atoms with Crippen molar-refractivity contribution in [1.29, 1.82) is 0 Å². The van der Waals surface area contributed by atoms with E-state index in [-0.39, 0.29) is 11.9 Å². The molecule has 0 bridgehead atoms. The van der Waals surface area contributed by atoms with E-state index in [1.54, 1.807) is 6.20 Å². The van der Waals surface area contributed by atoms with Crippen LogP contribution in [-0.4, -0.2) is 15.9 Å². The Morgan fingerprint density at radius 2 is 1.88 bits per heavy atom. The number of aryl methyl sites for hydroxylation is 1. The summed E-state index contributed by atoms with van der Waals surface area (Å²) in [6, 6.07) is 19.9. The Balaban J connectivity index is 1.53. The van der Waals surface area contributed by atoms with E-state index in [0.29, 0.717) is 12.8 Å². The number of H-pyrrole nitrogens is 1. The quantitative estimate of drug-likeness (QED) is 0.724. The lowest BCUT2D eigenvalue weighted by Gasteiger charge is -2.13. The topological polar surface area (TPSA) is 57.8 Å². The number of aromatic nitrogens is 2. The van der Waals surface area contributed by atoms with Crippen molar-refractivity contribution >= 4 is 5.91 Å². The maximum Gasteiger partial charge on any atom is 0.220 e. The van der Waals surface area contributed by atoms with Crippen LogP contribution in [0.2, 0.25) is 0 Å². The van der Waals surface area contributed by atoms with E-state index in [0.717, 1.165) is 22.6 Å². The van der Waals surface area contributed by atoms with Crippen molar-refractivity contribution in [3.05, 3.63) is 78.2 Å². The summed E-state index contributed by atoms with van der Waals surface area (Å²) >= 11 is 0. The second-order valence-electron chi connectivity index (χ2n) is 5.81. The van der Waals surface area contributed by atoms with Crippen LogP contribution in [0, 0.1) is 0 Å².